The van der Waals surface area contributed by atoms with E-state index in [4.69, 9.17) is 5.26 Å². The van der Waals surface area contributed by atoms with Gasteiger partial charge < -0.3 is 5.32 Å². The zero-order valence-electron chi connectivity index (χ0n) is 10.0. The highest BCUT2D eigenvalue weighted by Crippen LogP contribution is 2.34. The highest BCUT2D eigenvalue weighted by molar-refractivity contribution is 14.1. The predicted molar refractivity (Wildman–Crippen MR) is 78.6 cm³/mol. The lowest BCUT2D eigenvalue weighted by Crippen LogP contribution is -2.08. The van der Waals surface area contributed by atoms with Crippen molar-refractivity contribution in [3.05, 3.63) is 57.2 Å². The number of anilines is 2. The molecule has 0 amide bonds. The van der Waals surface area contributed by atoms with Gasteiger partial charge in [0.15, 0.2) is 0 Å². The van der Waals surface area contributed by atoms with Crippen LogP contribution in [-0.2, 0) is 6.18 Å². The maximum Gasteiger partial charge on any atom is 0.417 e. The van der Waals surface area contributed by atoms with Crippen LogP contribution >= 0.6 is 22.6 Å². The molecule has 0 saturated carbocycles. The molecule has 2 aromatic carbocycles. The third-order valence-electron chi connectivity index (χ3n) is 2.60. The number of rotatable bonds is 2. The van der Waals surface area contributed by atoms with Gasteiger partial charge in [-0.2, -0.15) is 18.4 Å². The number of nitrogens with zero attached hydrogens (tertiary/aromatic N) is 1. The van der Waals surface area contributed by atoms with Gasteiger partial charge in [0.05, 0.1) is 22.9 Å². The maximum atomic E-state index is 12.9. The Morgan fingerprint density at radius 2 is 1.80 bits per heavy atom. The third-order valence-corrected chi connectivity index (χ3v) is 3.54. The van der Waals surface area contributed by atoms with E-state index in [1.807, 2.05) is 12.1 Å². The van der Waals surface area contributed by atoms with Gasteiger partial charge in [-0.25, -0.2) is 0 Å². The van der Waals surface area contributed by atoms with Gasteiger partial charge in [0.25, 0.3) is 0 Å². The molecule has 0 radical (unpaired) electrons. The van der Waals surface area contributed by atoms with Gasteiger partial charge in [0.1, 0.15) is 0 Å². The van der Waals surface area contributed by atoms with Gasteiger partial charge in [-0.05, 0) is 52.9 Å². The summed E-state index contributed by atoms with van der Waals surface area (Å²) in [5, 5.41) is 11.7. The van der Waals surface area contributed by atoms with Gasteiger partial charge in [-0.15, -0.1) is 0 Å². The Labute approximate surface area is 127 Å². The Kier molecular flexibility index (Phi) is 4.18. The van der Waals surface area contributed by atoms with Crippen molar-refractivity contribution in [1.82, 2.24) is 0 Å². The summed E-state index contributed by atoms with van der Waals surface area (Å²) in [7, 11) is 0. The first-order valence-electron chi connectivity index (χ1n) is 5.54. The van der Waals surface area contributed by atoms with E-state index in [0.717, 1.165) is 9.64 Å². The van der Waals surface area contributed by atoms with Gasteiger partial charge in [-0.3, -0.25) is 0 Å². The molecule has 0 heterocycles. The quantitative estimate of drug-likeness (QED) is 0.742. The second kappa shape index (κ2) is 5.71. The Bertz CT molecular complexity index is 675. The number of nitriles is 1. The minimum atomic E-state index is -4.55. The van der Waals surface area contributed by atoms with Crippen molar-refractivity contribution < 1.29 is 13.2 Å². The van der Waals surface area contributed by atoms with E-state index in [1.54, 1.807) is 18.2 Å². The molecule has 0 bridgehead atoms. The SMILES string of the molecule is N#Cc1ccc(Nc2ccccc2I)cc1C(F)(F)F. The van der Waals surface area contributed by atoms with Crippen LogP contribution in [0.5, 0.6) is 0 Å². The summed E-state index contributed by atoms with van der Waals surface area (Å²) in [5.74, 6) is 0. The van der Waals surface area contributed by atoms with Crippen LogP contribution in [0.4, 0.5) is 24.5 Å². The summed E-state index contributed by atoms with van der Waals surface area (Å²) in [6.45, 7) is 0. The number of hydrogen-bond donors (Lipinski definition) is 1. The molecule has 102 valence electrons. The molecule has 0 fully saturated rings. The summed E-state index contributed by atoms with van der Waals surface area (Å²) >= 11 is 2.09. The molecule has 20 heavy (non-hydrogen) atoms. The molecule has 0 aliphatic rings. The molecular weight excluding hydrogens is 380 g/mol. The fourth-order valence-electron chi connectivity index (χ4n) is 1.67. The average molecular weight is 388 g/mol. The summed E-state index contributed by atoms with van der Waals surface area (Å²) in [4.78, 5) is 0. The van der Waals surface area contributed by atoms with Gasteiger partial charge >= 0.3 is 6.18 Å². The minimum Gasteiger partial charge on any atom is -0.355 e. The molecule has 2 nitrogen and oxygen atoms in total. The molecule has 1 N–H and O–H groups in total. The first-order chi connectivity index (χ1) is 9.41. The Balaban J connectivity index is 2.40. The van der Waals surface area contributed by atoms with E-state index < -0.39 is 11.7 Å². The number of hydrogen-bond acceptors (Lipinski definition) is 2. The Hall–Kier alpha value is -1.75. The fraction of sp³-hybridized carbons (Fsp3) is 0.0714. The number of nitrogens with one attached hydrogen (secondary N) is 1. The number of benzene rings is 2. The van der Waals surface area contributed by atoms with Crippen LogP contribution in [0, 0.1) is 14.9 Å². The molecule has 6 heteroatoms. The second-order valence-electron chi connectivity index (χ2n) is 3.97. The van der Waals surface area contributed by atoms with Crippen LogP contribution < -0.4 is 5.32 Å². The number of halogens is 4. The molecule has 2 aromatic rings. The fourth-order valence-corrected chi connectivity index (χ4v) is 2.19. The van der Waals surface area contributed by atoms with E-state index >= 15 is 0 Å². The summed E-state index contributed by atoms with van der Waals surface area (Å²) in [6, 6.07) is 12.4. The highest BCUT2D eigenvalue weighted by Gasteiger charge is 2.33. The predicted octanol–water partition coefficient (Wildman–Crippen LogP) is 4.93. The topological polar surface area (TPSA) is 35.8 Å². The molecule has 0 aliphatic carbocycles. The van der Waals surface area contributed by atoms with Crippen molar-refractivity contribution in [1.29, 1.82) is 5.26 Å². The van der Waals surface area contributed by atoms with Crippen molar-refractivity contribution in [3.63, 3.8) is 0 Å². The van der Waals surface area contributed by atoms with E-state index in [2.05, 4.69) is 27.9 Å². The van der Waals surface area contributed by atoms with E-state index in [0.29, 0.717) is 11.4 Å². The molecule has 0 spiro atoms. The lowest BCUT2D eigenvalue weighted by molar-refractivity contribution is -0.137. The number of alkyl halides is 3. The van der Waals surface area contributed by atoms with Gasteiger partial charge in [-0.1, -0.05) is 12.1 Å². The molecular formula is C14H8F3IN2. The largest absolute Gasteiger partial charge is 0.417 e. The lowest BCUT2D eigenvalue weighted by atomic mass is 10.1. The van der Waals surface area contributed by atoms with Crippen molar-refractivity contribution >= 4 is 34.0 Å². The van der Waals surface area contributed by atoms with Crippen LogP contribution in [0.25, 0.3) is 0 Å². The van der Waals surface area contributed by atoms with E-state index in [9.17, 15) is 13.2 Å². The molecule has 0 aliphatic heterocycles. The van der Waals surface area contributed by atoms with Crippen LogP contribution in [0.2, 0.25) is 0 Å². The molecule has 0 unspecified atom stereocenters. The zero-order valence-corrected chi connectivity index (χ0v) is 12.2. The molecule has 0 atom stereocenters. The zero-order chi connectivity index (χ0) is 14.8. The van der Waals surface area contributed by atoms with Crippen molar-refractivity contribution in [2.45, 2.75) is 6.18 Å². The van der Waals surface area contributed by atoms with Gasteiger partial charge in [0, 0.05) is 9.26 Å². The summed E-state index contributed by atoms with van der Waals surface area (Å²) < 4.78 is 39.5. The number of para-hydroxylation sites is 1. The highest BCUT2D eigenvalue weighted by atomic mass is 127. The van der Waals surface area contributed by atoms with Crippen molar-refractivity contribution in [2.75, 3.05) is 5.32 Å². The van der Waals surface area contributed by atoms with Crippen molar-refractivity contribution in [2.24, 2.45) is 0 Å². The minimum absolute atomic E-state index is 0.292. The maximum absolute atomic E-state index is 12.9. The molecule has 0 saturated heterocycles. The van der Waals surface area contributed by atoms with E-state index in [1.165, 1.54) is 12.1 Å². The summed E-state index contributed by atoms with van der Waals surface area (Å²) in [6.07, 6.45) is -4.55. The Morgan fingerprint density at radius 1 is 1.10 bits per heavy atom. The van der Waals surface area contributed by atoms with Crippen molar-refractivity contribution in [3.8, 4) is 6.07 Å². The smallest absolute Gasteiger partial charge is 0.355 e. The van der Waals surface area contributed by atoms with Crippen LogP contribution in [0.3, 0.4) is 0 Å². The van der Waals surface area contributed by atoms with Crippen LogP contribution in [-0.4, -0.2) is 0 Å². The first-order valence-corrected chi connectivity index (χ1v) is 6.62. The normalized spacial score (nSPS) is 10.9. The van der Waals surface area contributed by atoms with Crippen LogP contribution in [0.1, 0.15) is 11.1 Å². The molecule has 2 rings (SSSR count). The van der Waals surface area contributed by atoms with E-state index in [-0.39, 0.29) is 5.56 Å². The average Bonchev–Trinajstić information content (AvgIpc) is 2.40. The molecule has 0 aromatic heterocycles. The summed E-state index contributed by atoms with van der Waals surface area (Å²) in [5.41, 5.74) is -0.312. The first kappa shape index (κ1) is 14.7. The standard InChI is InChI=1S/C14H8F3IN2/c15-14(16,17)11-7-10(6-5-9(11)8-19)20-13-4-2-1-3-12(13)18/h1-7,20H. The lowest BCUT2D eigenvalue weighted by Gasteiger charge is -2.13. The van der Waals surface area contributed by atoms with Crippen LogP contribution in [0.15, 0.2) is 42.5 Å². The monoisotopic (exact) mass is 388 g/mol. The van der Waals surface area contributed by atoms with Gasteiger partial charge in [0.2, 0.25) is 0 Å². The Morgan fingerprint density at radius 3 is 2.40 bits per heavy atom. The second-order valence-corrected chi connectivity index (χ2v) is 5.14. The third kappa shape index (κ3) is 3.22.